The fourth-order valence-electron chi connectivity index (χ4n) is 2.22. The van der Waals surface area contributed by atoms with Gasteiger partial charge in [0.2, 0.25) is 0 Å². The fraction of sp³-hybridized carbons (Fsp3) is 0.533. The number of nitro benzene ring substituents is 1. The van der Waals surface area contributed by atoms with Gasteiger partial charge in [0.25, 0.3) is 11.6 Å². The Hall–Kier alpha value is -1.43. The molecular weight excluding hydrogens is 336 g/mol. The number of alkyl halides is 1. The Morgan fingerprint density at radius 2 is 2.00 bits per heavy atom. The summed E-state index contributed by atoms with van der Waals surface area (Å²) in [6, 6.07) is 4.33. The van der Waals surface area contributed by atoms with Gasteiger partial charge in [-0.15, -0.1) is 0 Å². The Kier molecular flexibility index (Phi) is 6.81. The predicted octanol–water partition coefficient (Wildman–Crippen LogP) is 3.83. The minimum atomic E-state index is -0.492. The predicted molar refractivity (Wildman–Crippen MR) is 87.0 cm³/mol. The summed E-state index contributed by atoms with van der Waals surface area (Å²) in [6.45, 7) is 6.52. The first kappa shape index (κ1) is 17.6. The maximum absolute atomic E-state index is 12.2. The third kappa shape index (κ3) is 4.81. The summed E-state index contributed by atoms with van der Waals surface area (Å²) in [5.41, 5.74) is 1.02. The number of amides is 1. The number of halogens is 1. The van der Waals surface area contributed by atoms with E-state index in [9.17, 15) is 14.9 Å². The third-order valence-corrected chi connectivity index (χ3v) is 4.77. The summed E-state index contributed by atoms with van der Waals surface area (Å²) in [5, 5.41) is 13.6. The number of hydrogen-bond donors (Lipinski definition) is 1. The van der Waals surface area contributed by atoms with Crippen molar-refractivity contribution < 1.29 is 9.72 Å². The van der Waals surface area contributed by atoms with E-state index in [1.807, 2.05) is 0 Å². The SMILES string of the molecule is CCC(CC)C(Br)CNC(=O)c1cc([N+](=O)[O-])ccc1C. The Labute approximate surface area is 133 Å². The normalized spacial score (nSPS) is 12.2. The van der Waals surface area contributed by atoms with Crippen molar-refractivity contribution in [3.8, 4) is 0 Å². The van der Waals surface area contributed by atoms with Gasteiger partial charge in [-0.1, -0.05) is 48.7 Å². The van der Waals surface area contributed by atoms with E-state index in [0.29, 0.717) is 18.0 Å². The van der Waals surface area contributed by atoms with Crippen molar-refractivity contribution in [3.63, 3.8) is 0 Å². The molecule has 0 aromatic heterocycles. The Balaban J connectivity index is 2.76. The molecule has 1 atom stereocenters. The second-order valence-corrected chi connectivity index (χ2v) is 6.24. The summed E-state index contributed by atoms with van der Waals surface area (Å²) in [4.78, 5) is 22.7. The van der Waals surface area contributed by atoms with Crippen LogP contribution in [0.1, 0.15) is 42.6 Å². The second-order valence-electron chi connectivity index (χ2n) is 5.06. The number of aryl methyl sites for hydroxylation is 1. The highest BCUT2D eigenvalue weighted by atomic mass is 79.9. The first-order valence-electron chi connectivity index (χ1n) is 7.07. The molecule has 0 saturated carbocycles. The van der Waals surface area contributed by atoms with E-state index in [2.05, 4.69) is 35.1 Å². The molecule has 21 heavy (non-hydrogen) atoms. The average molecular weight is 357 g/mol. The summed E-state index contributed by atoms with van der Waals surface area (Å²) in [5.74, 6) is 0.225. The lowest BCUT2D eigenvalue weighted by Crippen LogP contribution is -2.33. The minimum Gasteiger partial charge on any atom is -0.351 e. The van der Waals surface area contributed by atoms with Crippen LogP contribution < -0.4 is 5.32 Å². The lowest BCUT2D eigenvalue weighted by atomic mass is 9.99. The first-order chi connectivity index (χ1) is 9.90. The van der Waals surface area contributed by atoms with Crippen molar-refractivity contribution in [1.82, 2.24) is 5.32 Å². The molecule has 0 radical (unpaired) electrons. The van der Waals surface area contributed by atoms with Crippen molar-refractivity contribution in [2.24, 2.45) is 5.92 Å². The van der Waals surface area contributed by atoms with E-state index in [4.69, 9.17) is 0 Å². The van der Waals surface area contributed by atoms with Crippen LogP contribution in [0.25, 0.3) is 0 Å². The third-order valence-electron chi connectivity index (χ3n) is 3.69. The molecule has 0 saturated heterocycles. The molecule has 0 aliphatic heterocycles. The number of hydrogen-bond acceptors (Lipinski definition) is 3. The number of carbonyl (C=O) groups excluding carboxylic acids is 1. The molecule has 1 unspecified atom stereocenters. The topological polar surface area (TPSA) is 72.2 Å². The number of nitrogens with zero attached hydrogens (tertiary/aromatic N) is 1. The van der Waals surface area contributed by atoms with Gasteiger partial charge in [0.05, 0.1) is 4.92 Å². The van der Waals surface area contributed by atoms with Gasteiger partial charge in [-0.2, -0.15) is 0 Å². The van der Waals surface area contributed by atoms with Gasteiger partial charge in [-0.3, -0.25) is 14.9 Å². The molecule has 1 aromatic rings. The van der Waals surface area contributed by atoms with Crippen LogP contribution in [0.15, 0.2) is 18.2 Å². The zero-order chi connectivity index (χ0) is 16.0. The molecule has 0 spiro atoms. The van der Waals surface area contributed by atoms with Crippen LogP contribution in [0.5, 0.6) is 0 Å². The molecule has 1 amide bonds. The smallest absolute Gasteiger partial charge is 0.270 e. The molecule has 0 fully saturated rings. The number of benzene rings is 1. The van der Waals surface area contributed by atoms with Gasteiger partial charge >= 0.3 is 0 Å². The van der Waals surface area contributed by atoms with E-state index in [1.54, 1.807) is 13.0 Å². The van der Waals surface area contributed by atoms with E-state index in [1.165, 1.54) is 12.1 Å². The van der Waals surface area contributed by atoms with Crippen LogP contribution in [-0.2, 0) is 0 Å². The molecule has 5 nitrogen and oxygen atoms in total. The summed E-state index contributed by atoms with van der Waals surface area (Å²) >= 11 is 3.60. The van der Waals surface area contributed by atoms with Gasteiger partial charge in [0.1, 0.15) is 0 Å². The molecule has 116 valence electrons. The van der Waals surface area contributed by atoms with Gasteiger partial charge in [-0.25, -0.2) is 0 Å². The first-order valence-corrected chi connectivity index (χ1v) is 7.99. The number of non-ortho nitro benzene ring substituents is 1. The molecule has 0 heterocycles. The lowest BCUT2D eigenvalue weighted by molar-refractivity contribution is -0.384. The van der Waals surface area contributed by atoms with Gasteiger partial charge in [0, 0.05) is 29.1 Å². The van der Waals surface area contributed by atoms with E-state index in [0.717, 1.165) is 18.4 Å². The second kappa shape index (κ2) is 8.12. The van der Waals surface area contributed by atoms with Crippen LogP contribution in [-0.4, -0.2) is 22.2 Å². The molecule has 1 rings (SSSR count). The molecular formula is C15H21BrN2O3. The number of nitrogens with one attached hydrogen (secondary N) is 1. The van der Waals surface area contributed by atoms with Crippen molar-refractivity contribution in [3.05, 3.63) is 39.4 Å². The largest absolute Gasteiger partial charge is 0.351 e. The zero-order valence-electron chi connectivity index (χ0n) is 12.6. The highest BCUT2D eigenvalue weighted by molar-refractivity contribution is 9.09. The zero-order valence-corrected chi connectivity index (χ0v) is 14.1. The highest BCUT2D eigenvalue weighted by Gasteiger charge is 2.18. The molecule has 1 aromatic carbocycles. The summed E-state index contributed by atoms with van der Waals surface area (Å²) < 4.78 is 0. The molecule has 0 aliphatic rings. The molecule has 6 heteroatoms. The Morgan fingerprint density at radius 1 is 1.38 bits per heavy atom. The Bertz CT molecular complexity index is 516. The maximum Gasteiger partial charge on any atom is 0.270 e. The monoisotopic (exact) mass is 356 g/mol. The minimum absolute atomic E-state index is 0.0684. The summed E-state index contributed by atoms with van der Waals surface area (Å²) in [6.07, 6.45) is 2.08. The van der Waals surface area contributed by atoms with E-state index in [-0.39, 0.29) is 16.4 Å². The van der Waals surface area contributed by atoms with Crippen LogP contribution in [0, 0.1) is 23.0 Å². The van der Waals surface area contributed by atoms with Crippen LogP contribution >= 0.6 is 15.9 Å². The van der Waals surface area contributed by atoms with Crippen LogP contribution in [0.4, 0.5) is 5.69 Å². The Morgan fingerprint density at radius 3 is 2.52 bits per heavy atom. The standard InChI is InChI=1S/C15H21BrN2O3/c1-4-11(5-2)14(16)9-17-15(19)13-8-12(18(20)21)7-6-10(13)3/h6-8,11,14H,4-5,9H2,1-3H3,(H,17,19). The van der Waals surface area contributed by atoms with Crippen LogP contribution in [0.3, 0.4) is 0 Å². The number of nitro groups is 1. The highest BCUT2D eigenvalue weighted by Crippen LogP contribution is 2.20. The van der Waals surface area contributed by atoms with Gasteiger partial charge in [-0.05, 0) is 18.4 Å². The maximum atomic E-state index is 12.2. The average Bonchev–Trinajstić information content (AvgIpc) is 2.46. The fourth-order valence-corrected chi connectivity index (χ4v) is 3.13. The molecule has 1 N–H and O–H groups in total. The van der Waals surface area contributed by atoms with Gasteiger partial charge in [0.15, 0.2) is 0 Å². The quantitative estimate of drug-likeness (QED) is 0.458. The van der Waals surface area contributed by atoms with Crippen molar-refractivity contribution in [1.29, 1.82) is 0 Å². The van der Waals surface area contributed by atoms with Gasteiger partial charge < -0.3 is 5.32 Å². The van der Waals surface area contributed by atoms with Crippen molar-refractivity contribution >= 4 is 27.5 Å². The molecule has 0 bridgehead atoms. The summed E-state index contributed by atoms with van der Waals surface area (Å²) in [7, 11) is 0. The van der Waals surface area contributed by atoms with Crippen LogP contribution in [0.2, 0.25) is 0 Å². The van der Waals surface area contributed by atoms with E-state index >= 15 is 0 Å². The number of carbonyl (C=O) groups is 1. The molecule has 0 aliphatic carbocycles. The number of rotatable bonds is 7. The van der Waals surface area contributed by atoms with Crippen molar-refractivity contribution in [2.75, 3.05) is 6.54 Å². The van der Waals surface area contributed by atoms with E-state index < -0.39 is 4.92 Å². The lowest BCUT2D eigenvalue weighted by Gasteiger charge is -2.20. The van der Waals surface area contributed by atoms with Crippen molar-refractivity contribution in [2.45, 2.75) is 38.4 Å².